The maximum atomic E-state index is 11.8. The Morgan fingerprint density at radius 1 is 0.833 bits per heavy atom. The van der Waals surface area contributed by atoms with Crippen LogP contribution in [0.25, 0.3) is 6.08 Å². The van der Waals surface area contributed by atoms with E-state index < -0.39 is 10.1 Å². The van der Waals surface area contributed by atoms with Crippen LogP contribution in [0.15, 0.2) is 35.7 Å². The molecule has 0 N–H and O–H groups in total. The molecule has 0 aromatic heterocycles. The third-order valence-electron chi connectivity index (χ3n) is 3.97. The van der Waals surface area contributed by atoms with Crippen LogP contribution in [0.2, 0.25) is 0 Å². The lowest BCUT2D eigenvalue weighted by Crippen LogP contribution is -2.03. The summed E-state index contributed by atoms with van der Waals surface area (Å²) in [6, 6.07) is 9.35. The Balaban J connectivity index is 2.03. The van der Waals surface area contributed by atoms with Crippen molar-refractivity contribution in [3.05, 3.63) is 41.3 Å². The third kappa shape index (κ3) is 11.4. The molecule has 1 aromatic carbocycles. The predicted molar refractivity (Wildman–Crippen MR) is 102 cm³/mol. The molecule has 0 aliphatic rings. The summed E-state index contributed by atoms with van der Waals surface area (Å²) in [5.41, 5.74) is 0.851. The second-order valence-corrected chi connectivity index (χ2v) is 7.70. The average Bonchev–Trinajstić information content (AvgIpc) is 2.59. The van der Waals surface area contributed by atoms with Gasteiger partial charge in [0.05, 0.1) is 12.0 Å². The van der Waals surface area contributed by atoms with Crippen molar-refractivity contribution in [1.29, 1.82) is 0 Å². The van der Waals surface area contributed by atoms with Gasteiger partial charge >= 0.3 is 0 Å². The third-order valence-corrected chi connectivity index (χ3v) is 4.94. The average molecular weight is 353 g/mol. The van der Waals surface area contributed by atoms with Gasteiger partial charge in [0.1, 0.15) is 0 Å². The molecular formula is C20H32O3S. The molecule has 136 valence electrons. The maximum Gasteiger partial charge on any atom is 0.290 e. The first-order chi connectivity index (χ1) is 11.6. The van der Waals surface area contributed by atoms with Crippen molar-refractivity contribution in [2.45, 2.75) is 71.1 Å². The molecule has 0 radical (unpaired) electrons. The standard InChI is InChI=1S/C20H32O3S/c1-2-3-4-5-6-7-8-9-10-14-18-23-24(21,22)19-17-20-15-12-11-13-16-20/h11-13,15-17,19H,2-10,14,18H2,1H3. The molecule has 0 spiro atoms. The monoisotopic (exact) mass is 352 g/mol. The molecule has 0 saturated carbocycles. The highest BCUT2D eigenvalue weighted by atomic mass is 32.2. The van der Waals surface area contributed by atoms with Crippen molar-refractivity contribution >= 4 is 16.2 Å². The van der Waals surface area contributed by atoms with Gasteiger partial charge in [-0.2, -0.15) is 8.42 Å². The van der Waals surface area contributed by atoms with Gasteiger partial charge in [0, 0.05) is 0 Å². The second-order valence-electron chi connectivity index (χ2n) is 6.21. The number of rotatable bonds is 14. The van der Waals surface area contributed by atoms with Gasteiger partial charge in [-0.1, -0.05) is 95.0 Å². The lowest BCUT2D eigenvalue weighted by atomic mass is 10.1. The summed E-state index contributed by atoms with van der Waals surface area (Å²) in [5.74, 6) is 0. The van der Waals surface area contributed by atoms with Crippen LogP contribution in [-0.4, -0.2) is 15.0 Å². The maximum absolute atomic E-state index is 11.8. The van der Waals surface area contributed by atoms with Crippen LogP contribution in [0, 0.1) is 0 Å². The summed E-state index contributed by atoms with van der Waals surface area (Å²) >= 11 is 0. The normalized spacial score (nSPS) is 12.0. The van der Waals surface area contributed by atoms with Crippen molar-refractivity contribution in [2.24, 2.45) is 0 Å². The fourth-order valence-corrected chi connectivity index (χ4v) is 3.28. The Morgan fingerprint density at radius 3 is 1.96 bits per heavy atom. The molecular weight excluding hydrogens is 320 g/mol. The van der Waals surface area contributed by atoms with Crippen molar-refractivity contribution in [2.75, 3.05) is 6.61 Å². The van der Waals surface area contributed by atoms with Crippen LogP contribution in [0.3, 0.4) is 0 Å². The van der Waals surface area contributed by atoms with Gasteiger partial charge in [-0.3, -0.25) is 4.18 Å². The van der Waals surface area contributed by atoms with E-state index in [9.17, 15) is 8.42 Å². The molecule has 1 aromatic rings. The van der Waals surface area contributed by atoms with Gasteiger partial charge in [-0.25, -0.2) is 0 Å². The molecule has 0 fully saturated rings. The van der Waals surface area contributed by atoms with Crippen molar-refractivity contribution in [3.8, 4) is 0 Å². The molecule has 0 aliphatic heterocycles. The topological polar surface area (TPSA) is 43.4 Å². The van der Waals surface area contributed by atoms with E-state index in [2.05, 4.69) is 6.92 Å². The number of benzene rings is 1. The fraction of sp³-hybridized carbons (Fsp3) is 0.600. The molecule has 0 atom stereocenters. The minimum atomic E-state index is -3.57. The first kappa shape index (κ1) is 20.9. The summed E-state index contributed by atoms with van der Waals surface area (Å²) in [6.45, 7) is 2.51. The molecule has 0 bridgehead atoms. The Morgan fingerprint density at radius 2 is 1.38 bits per heavy atom. The zero-order valence-corrected chi connectivity index (χ0v) is 15.8. The molecule has 0 amide bonds. The SMILES string of the molecule is CCCCCCCCCCCCOS(=O)(=O)C=Cc1ccccc1. The highest BCUT2D eigenvalue weighted by molar-refractivity contribution is 7.89. The van der Waals surface area contributed by atoms with Gasteiger partial charge < -0.3 is 0 Å². The Labute approximate surface area is 148 Å². The molecule has 24 heavy (non-hydrogen) atoms. The van der Waals surface area contributed by atoms with Crippen molar-refractivity contribution in [3.63, 3.8) is 0 Å². The van der Waals surface area contributed by atoms with E-state index in [4.69, 9.17) is 4.18 Å². The molecule has 0 aliphatic carbocycles. The number of hydrogen-bond donors (Lipinski definition) is 0. The number of hydrogen-bond acceptors (Lipinski definition) is 3. The van der Waals surface area contributed by atoms with E-state index >= 15 is 0 Å². The van der Waals surface area contributed by atoms with E-state index in [0.29, 0.717) is 0 Å². The minimum absolute atomic E-state index is 0.276. The fourth-order valence-electron chi connectivity index (χ4n) is 2.53. The van der Waals surface area contributed by atoms with E-state index in [1.807, 2.05) is 30.3 Å². The lowest BCUT2D eigenvalue weighted by Gasteiger charge is -2.03. The molecule has 1 rings (SSSR count). The van der Waals surface area contributed by atoms with Crippen LogP contribution in [0.1, 0.15) is 76.7 Å². The lowest BCUT2D eigenvalue weighted by molar-refractivity contribution is 0.311. The largest absolute Gasteiger partial charge is 0.290 e. The zero-order chi connectivity index (χ0) is 17.5. The van der Waals surface area contributed by atoms with Gasteiger partial charge in [-0.05, 0) is 18.1 Å². The minimum Gasteiger partial charge on any atom is -0.267 e. The number of unbranched alkanes of at least 4 members (excludes halogenated alkanes) is 9. The quantitative estimate of drug-likeness (QED) is 0.308. The highest BCUT2D eigenvalue weighted by Crippen LogP contribution is 2.11. The van der Waals surface area contributed by atoms with Crippen LogP contribution in [-0.2, 0) is 14.3 Å². The predicted octanol–water partition coefficient (Wildman–Crippen LogP) is 5.92. The van der Waals surface area contributed by atoms with E-state index in [1.165, 1.54) is 44.9 Å². The van der Waals surface area contributed by atoms with Gasteiger partial charge in [0.2, 0.25) is 0 Å². The smallest absolute Gasteiger partial charge is 0.267 e. The Kier molecular flexibility index (Phi) is 11.5. The van der Waals surface area contributed by atoms with Crippen LogP contribution in [0.5, 0.6) is 0 Å². The molecule has 0 heterocycles. The summed E-state index contributed by atoms with van der Waals surface area (Å²) in [4.78, 5) is 0. The molecule has 4 heteroatoms. The summed E-state index contributed by atoms with van der Waals surface area (Å²) < 4.78 is 28.5. The summed E-state index contributed by atoms with van der Waals surface area (Å²) in [6.07, 6.45) is 13.8. The Hall–Kier alpha value is -1.13. The van der Waals surface area contributed by atoms with E-state index in [0.717, 1.165) is 30.2 Å². The summed E-state index contributed by atoms with van der Waals surface area (Å²) in [7, 11) is -3.57. The molecule has 0 unspecified atom stereocenters. The first-order valence-corrected chi connectivity index (χ1v) is 10.7. The van der Waals surface area contributed by atoms with Gasteiger partial charge in [0.15, 0.2) is 0 Å². The second kappa shape index (κ2) is 13.2. The summed E-state index contributed by atoms with van der Waals surface area (Å²) in [5, 5.41) is 1.14. The Bertz CT molecular complexity index is 535. The van der Waals surface area contributed by atoms with Crippen molar-refractivity contribution in [1.82, 2.24) is 0 Å². The first-order valence-electron chi connectivity index (χ1n) is 9.26. The molecule has 0 saturated heterocycles. The van der Waals surface area contributed by atoms with Crippen LogP contribution >= 0.6 is 0 Å². The van der Waals surface area contributed by atoms with Crippen LogP contribution in [0.4, 0.5) is 0 Å². The molecule has 3 nitrogen and oxygen atoms in total. The highest BCUT2D eigenvalue weighted by Gasteiger charge is 2.05. The van der Waals surface area contributed by atoms with E-state index in [1.54, 1.807) is 6.08 Å². The van der Waals surface area contributed by atoms with Crippen LogP contribution < -0.4 is 0 Å². The van der Waals surface area contributed by atoms with Crippen molar-refractivity contribution < 1.29 is 12.6 Å². The van der Waals surface area contributed by atoms with Gasteiger partial charge in [0.25, 0.3) is 10.1 Å². The van der Waals surface area contributed by atoms with Gasteiger partial charge in [-0.15, -0.1) is 0 Å². The van der Waals surface area contributed by atoms with E-state index in [-0.39, 0.29) is 6.61 Å². The zero-order valence-electron chi connectivity index (χ0n) is 15.0.